The SMILES string of the molecule is CCn1nc(C)c(C(C)NCc2ccc(Br)s2)c1C. The second-order valence-corrected chi connectivity index (χ2v) is 7.26. The molecule has 5 heteroatoms. The van der Waals surface area contributed by atoms with Crippen LogP contribution in [0.5, 0.6) is 0 Å². The van der Waals surface area contributed by atoms with Gasteiger partial charge in [-0.1, -0.05) is 0 Å². The van der Waals surface area contributed by atoms with E-state index >= 15 is 0 Å². The third-order valence-electron chi connectivity index (χ3n) is 3.38. The van der Waals surface area contributed by atoms with Crippen molar-refractivity contribution in [2.75, 3.05) is 0 Å². The van der Waals surface area contributed by atoms with Crippen LogP contribution in [0.2, 0.25) is 0 Å². The maximum atomic E-state index is 4.58. The van der Waals surface area contributed by atoms with Crippen molar-refractivity contribution in [3.05, 3.63) is 37.7 Å². The summed E-state index contributed by atoms with van der Waals surface area (Å²) in [4.78, 5) is 1.34. The number of aryl methyl sites for hydroxylation is 2. The normalized spacial score (nSPS) is 12.9. The quantitative estimate of drug-likeness (QED) is 0.883. The van der Waals surface area contributed by atoms with Gasteiger partial charge in [0.25, 0.3) is 0 Å². The largest absolute Gasteiger partial charge is 0.305 e. The van der Waals surface area contributed by atoms with Crippen LogP contribution in [0, 0.1) is 13.8 Å². The van der Waals surface area contributed by atoms with E-state index in [-0.39, 0.29) is 0 Å². The lowest BCUT2D eigenvalue weighted by Gasteiger charge is -2.14. The van der Waals surface area contributed by atoms with Crippen LogP contribution in [0.15, 0.2) is 15.9 Å². The van der Waals surface area contributed by atoms with Gasteiger partial charge < -0.3 is 5.32 Å². The number of rotatable bonds is 5. The molecule has 0 saturated heterocycles. The number of thiophene rings is 1. The third-order valence-corrected chi connectivity index (χ3v) is 5.00. The highest BCUT2D eigenvalue weighted by Crippen LogP contribution is 2.24. The van der Waals surface area contributed by atoms with E-state index in [0.29, 0.717) is 6.04 Å². The Balaban J connectivity index is 2.07. The first-order chi connectivity index (χ1) is 9.02. The molecule has 104 valence electrons. The van der Waals surface area contributed by atoms with Gasteiger partial charge in [-0.05, 0) is 55.8 Å². The van der Waals surface area contributed by atoms with Gasteiger partial charge in [0.1, 0.15) is 0 Å². The molecule has 0 amide bonds. The van der Waals surface area contributed by atoms with E-state index in [2.05, 4.69) is 70.9 Å². The minimum absolute atomic E-state index is 0.321. The van der Waals surface area contributed by atoms with Gasteiger partial charge in [0.2, 0.25) is 0 Å². The number of halogens is 1. The molecule has 0 aromatic carbocycles. The van der Waals surface area contributed by atoms with Gasteiger partial charge in [-0.25, -0.2) is 0 Å². The van der Waals surface area contributed by atoms with E-state index in [9.17, 15) is 0 Å². The molecular formula is C14H20BrN3S. The summed E-state index contributed by atoms with van der Waals surface area (Å²) < 4.78 is 3.26. The van der Waals surface area contributed by atoms with Gasteiger partial charge in [-0.2, -0.15) is 5.10 Å². The minimum atomic E-state index is 0.321. The molecule has 2 aromatic rings. The minimum Gasteiger partial charge on any atom is -0.305 e. The highest BCUT2D eigenvalue weighted by Gasteiger charge is 2.16. The summed E-state index contributed by atoms with van der Waals surface area (Å²) in [5.41, 5.74) is 3.73. The van der Waals surface area contributed by atoms with Crippen molar-refractivity contribution in [2.45, 2.75) is 46.8 Å². The molecule has 0 aliphatic carbocycles. The standard InChI is InChI=1S/C14H20BrN3S/c1-5-18-11(4)14(10(3)17-18)9(2)16-8-12-6-7-13(15)19-12/h6-7,9,16H,5,8H2,1-4H3. The van der Waals surface area contributed by atoms with E-state index < -0.39 is 0 Å². The van der Waals surface area contributed by atoms with Crippen LogP contribution >= 0.6 is 27.3 Å². The Morgan fingerprint density at radius 1 is 1.42 bits per heavy atom. The van der Waals surface area contributed by atoms with Crippen molar-refractivity contribution >= 4 is 27.3 Å². The average Bonchev–Trinajstić information content (AvgIpc) is 2.90. The van der Waals surface area contributed by atoms with Crippen molar-refractivity contribution in [3.63, 3.8) is 0 Å². The zero-order valence-electron chi connectivity index (χ0n) is 11.8. The summed E-state index contributed by atoms with van der Waals surface area (Å²) in [5.74, 6) is 0. The zero-order chi connectivity index (χ0) is 14.0. The number of hydrogen-bond acceptors (Lipinski definition) is 3. The molecule has 1 atom stereocenters. The number of aromatic nitrogens is 2. The van der Waals surface area contributed by atoms with Gasteiger partial charge in [0.15, 0.2) is 0 Å². The highest BCUT2D eigenvalue weighted by molar-refractivity contribution is 9.11. The Labute approximate surface area is 127 Å². The van der Waals surface area contributed by atoms with Crippen molar-refractivity contribution in [2.24, 2.45) is 0 Å². The van der Waals surface area contributed by atoms with Crippen LogP contribution in [0.1, 0.15) is 41.7 Å². The maximum absolute atomic E-state index is 4.58. The molecule has 0 fully saturated rings. The lowest BCUT2D eigenvalue weighted by atomic mass is 10.1. The Kier molecular flexibility index (Phi) is 4.81. The van der Waals surface area contributed by atoms with Crippen molar-refractivity contribution in [1.29, 1.82) is 0 Å². The summed E-state index contributed by atoms with van der Waals surface area (Å²) >= 11 is 5.27. The predicted molar refractivity (Wildman–Crippen MR) is 84.6 cm³/mol. The van der Waals surface area contributed by atoms with Crippen LogP contribution in [0.3, 0.4) is 0 Å². The molecule has 1 unspecified atom stereocenters. The van der Waals surface area contributed by atoms with Crippen molar-refractivity contribution in [1.82, 2.24) is 15.1 Å². The maximum Gasteiger partial charge on any atom is 0.0701 e. The molecule has 0 radical (unpaired) electrons. The molecular weight excluding hydrogens is 322 g/mol. The van der Waals surface area contributed by atoms with Crippen LogP contribution in [0.4, 0.5) is 0 Å². The Hall–Kier alpha value is -0.650. The fourth-order valence-corrected chi connectivity index (χ4v) is 3.88. The molecule has 19 heavy (non-hydrogen) atoms. The summed E-state index contributed by atoms with van der Waals surface area (Å²) in [7, 11) is 0. The molecule has 0 aliphatic rings. The van der Waals surface area contributed by atoms with Gasteiger partial charge in [-0.3, -0.25) is 4.68 Å². The highest BCUT2D eigenvalue weighted by atomic mass is 79.9. The molecule has 3 nitrogen and oxygen atoms in total. The fraction of sp³-hybridized carbons (Fsp3) is 0.500. The van der Waals surface area contributed by atoms with Crippen molar-refractivity contribution < 1.29 is 0 Å². The monoisotopic (exact) mass is 341 g/mol. The number of nitrogens with one attached hydrogen (secondary N) is 1. The average molecular weight is 342 g/mol. The Bertz CT molecular complexity index is 559. The van der Waals surface area contributed by atoms with Crippen molar-refractivity contribution in [3.8, 4) is 0 Å². The molecule has 1 N–H and O–H groups in total. The second kappa shape index (κ2) is 6.20. The number of hydrogen-bond donors (Lipinski definition) is 1. The van der Waals surface area contributed by atoms with Gasteiger partial charge in [-0.15, -0.1) is 11.3 Å². The lowest BCUT2D eigenvalue weighted by Crippen LogP contribution is -2.18. The van der Waals surface area contributed by atoms with Crippen LogP contribution in [-0.2, 0) is 13.1 Å². The van der Waals surface area contributed by atoms with E-state index in [0.717, 1.165) is 18.8 Å². The Morgan fingerprint density at radius 2 is 2.16 bits per heavy atom. The van der Waals surface area contributed by atoms with E-state index in [1.807, 2.05) is 0 Å². The Morgan fingerprint density at radius 3 is 2.68 bits per heavy atom. The topological polar surface area (TPSA) is 29.9 Å². The van der Waals surface area contributed by atoms with E-state index in [1.54, 1.807) is 11.3 Å². The van der Waals surface area contributed by atoms with Gasteiger partial charge in [0, 0.05) is 35.3 Å². The van der Waals surface area contributed by atoms with E-state index in [1.165, 1.54) is 19.9 Å². The van der Waals surface area contributed by atoms with Crippen LogP contribution in [0.25, 0.3) is 0 Å². The van der Waals surface area contributed by atoms with Crippen LogP contribution in [-0.4, -0.2) is 9.78 Å². The van der Waals surface area contributed by atoms with Gasteiger partial charge in [0.05, 0.1) is 9.48 Å². The molecule has 2 aromatic heterocycles. The smallest absolute Gasteiger partial charge is 0.0701 e. The van der Waals surface area contributed by atoms with Gasteiger partial charge >= 0.3 is 0 Å². The summed E-state index contributed by atoms with van der Waals surface area (Å²) in [5, 5.41) is 8.16. The van der Waals surface area contributed by atoms with Crippen LogP contribution < -0.4 is 5.32 Å². The molecule has 0 saturated carbocycles. The third kappa shape index (κ3) is 3.27. The number of nitrogens with zero attached hydrogens (tertiary/aromatic N) is 2. The van der Waals surface area contributed by atoms with E-state index in [4.69, 9.17) is 0 Å². The fourth-order valence-electron chi connectivity index (χ4n) is 2.45. The molecule has 0 aliphatic heterocycles. The second-order valence-electron chi connectivity index (χ2n) is 4.71. The molecule has 0 spiro atoms. The lowest BCUT2D eigenvalue weighted by molar-refractivity contribution is 0.570. The first kappa shape index (κ1) is 14.8. The zero-order valence-corrected chi connectivity index (χ0v) is 14.2. The summed E-state index contributed by atoms with van der Waals surface area (Å²) in [6.07, 6.45) is 0. The predicted octanol–water partition coefficient (Wildman–Crippen LogP) is 4.19. The summed E-state index contributed by atoms with van der Waals surface area (Å²) in [6, 6.07) is 4.57. The first-order valence-electron chi connectivity index (χ1n) is 6.54. The molecule has 2 heterocycles. The molecule has 0 bridgehead atoms. The summed E-state index contributed by atoms with van der Waals surface area (Å²) in [6.45, 7) is 10.4. The molecule has 2 rings (SSSR count). The first-order valence-corrected chi connectivity index (χ1v) is 8.15.